The van der Waals surface area contributed by atoms with Gasteiger partial charge < -0.3 is 14.6 Å². The van der Waals surface area contributed by atoms with E-state index in [-0.39, 0.29) is 23.6 Å². The summed E-state index contributed by atoms with van der Waals surface area (Å²) in [5.74, 6) is 0.453. The zero-order valence-corrected chi connectivity index (χ0v) is 14.1. The molecule has 1 aliphatic heterocycles. The molecule has 1 N–H and O–H groups in total. The van der Waals surface area contributed by atoms with Crippen molar-refractivity contribution in [2.24, 2.45) is 11.8 Å². The third kappa shape index (κ3) is 3.58. The van der Waals surface area contributed by atoms with Crippen LogP contribution >= 0.6 is 0 Å². The summed E-state index contributed by atoms with van der Waals surface area (Å²) in [6, 6.07) is 7.32. The second-order valence-electron chi connectivity index (χ2n) is 6.62. The molecule has 0 aliphatic carbocycles. The van der Waals surface area contributed by atoms with Crippen molar-refractivity contribution in [3.63, 3.8) is 0 Å². The summed E-state index contributed by atoms with van der Waals surface area (Å²) in [5.41, 5.74) is 1.30. The van der Waals surface area contributed by atoms with Crippen LogP contribution < -0.4 is 5.32 Å². The molecule has 128 valence electrons. The number of hydrogen-bond donors (Lipinski definition) is 1. The molecule has 0 radical (unpaired) electrons. The molecule has 1 aliphatic rings. The van der Waals surface area contributed by atoms with Crippen molar-refractivity contribution in [1.29, 1.82) is 0 Å². The van der Waals surface area contributed by atoms with Gasteiger partial charge in [-0.25, -0.2) is 4.98 Å². The Morgan fingerprint density at radius 3 is 2.67 bits per heavy atom. The summed E-state index contributed by atoms with van der Waals surface area (Å²) in [6.07, 6.45) is 1.82. The van der Waals surface area contributed by atoms with Gasteiger partial charge in [0, 0.05) is 25.6 Å². The predicted molar refractivity (Wildman–Crippen MR) is 90.5 cm³/mol. The van der Waals surface area contributed by atoms with E-state index in [1.165, 1.54) is 0 Å². The minimum absolute atomic E-state index is 0.0420. The van der Waals surface area contributed by atoms with Gasteiger partial charge in [0.15, 0.2) is 5.58 Å². The second-order valence-corrected chi connectivity index (χ2v) is 6.62. The molecule has 1 aromatic carbocycles. The van der Waals surface area contributed by atoms with Crippen molar-refractivity contribution >= 4 is 22.9 Å². The molecule has 0 unspecified atom stereocenters. The third-order valence-electron chi connectivity index (χ3n) is 4.46. The Kier molecular flexibility index (Phi) is 4.83. The van der Waals surface area contributed by atoms with Crippen LogP contribution in [0.5, 0.6) is 0 Å². The minimum atomic E-state index is -0.285. The summed E-state index contributed by atoms with van der Waals surface area (Å²) in [7, 11) is 0. The van der Waals surface area contributed by atoms with E-state index in [0.29, 0.717) is 23.6 Å². The topological polar surface area (TPSA) is 75.4 Å². The van der Waals surface area contributed by atoms with Crippen molar-refractivity contribution < 1.29 is 14.0 Å². The van der Waals surface area contributed by atoms with Gasteiger partial charge in [-0.3, -0.25) is 9.59 Å². The highest BCUT2D eigenvalue weighted by Gasteiger charge is 2.25. The Balaban J connectivity index is 1.49. The number of aromatic nitrogens is 1. The Hall–Kier alpha value is -2.37. The quantitative estimate of drug-likeness (QED) is 0.935. The van der Waals surface area contributed by atoms with E-state index in [0.717, 1.165) is 25.9 Å². The summed E-state index contributed by atoms with van der Waals surface area (Å²) in [5, 5.41) is 2.90. The van der Waals surface area contributed by atoms with E-state index in [4.69, 9.17) is 4.42 Å². The molecular weight excluding hydrogens is 306 g/mol. The molecule has 0 saturated carbocycles. The molecule has 1 saturated heterocycles. The molecule has 1 fully saturated rings. The number of nitrogens with one attached hydrogen (secondary N) is 1. The fourth-order valence-corrected chi connectivity index (χ4v) is 3.00. The number of carbonyl (C=O) groups excluding carboxylic acids is 2. The number of piperidine rings is 1. The summed E-state index contributed by atoms with van der Waals surface area (Å²) < 4.78 is 5.47. The van der Waals surface area contributed by atoms with Crippen LogP contribution in [0.4, 0.5) is 0 Å². The highest BCUT2D eigenvalue weighted by Crippen LogP contribution is 2.19. The SMILES string of the molecule is CC(C)C(=O)N1CCC(CNC(=O)c2nc3ccccc3o2)CC1. The van der Waals surface area contributed by atoms with E-state index >= 15 is 0 Å². The normalized spacial score (nSPS) is 15.9. The maximum Gasteiger partial charge on any atom is 0.307 e. The molecule has 0 spiro atoms. The molecule has 24 heavy (non-hydrogen) atoms. The molecule has 2 aromatic rings. The Morgan fingerprint density at radius 2 is 2.00 bits per heavy atom. The number of fused-ring (bicyclic) bond motifs is 1. The lowest BCUT2D eigenvalue weighted by molar-refractivity contribution is -0.135. The van der Waals surface area contributed by atoms with Gasteiger partial charge >= 0.3 is 5.91 Å². The van der Waals surface area contributed by atoms with Crippen molar-refractivity contribution in [3.8, 4) is 0 Å². The van der Waals surface area contributed by atoms with Crippen LogP contribution in [-0.4, -0.2) is 41.3 Å². The molecular formula is C18H23N3O3. The van der Waals surface area contributed by atoms with Crippen molar-refractivity contribution in [1.82, 2.24) is 15.2 Å². The number of rotatable bonds is 4. The van der Waals surface area contributed by atoms with Gasteiger partial charge in [-0.1, -0.05) is 26.0 Å². The van der Waals surface area contributed by atoms with E-state index in [1.54, 1.807) is 6.07 Å². The second kappa shape index (κ2) is 7.03. The highest BCUT2D eigenvalue weighted by molar-refractivity contribution is 5.92. The Bertz CT molecular complexity index is 697. The lowest BCUT2D eigenvalue weighted by Crippen LogP contribution is -2.43. The standard InChI is InChI=1S/C18H23N3O3/c1-12(2)18(23)21-9-7-13(8-10-21)11-19-16(22)17-20-14-5-3-4-6-15(14)24-17/h3-6,12-13H,7-11H2,1-2H3,(H,19,22). The summed E-state index contributed by atoms with van der Waals surface area (Å²) in [4.78, 5) is 30.3. The largest absolute Gasteiger partial charge is 0.432 e. The average Bonchev–Trinajstić information content (AvgIpc) is 3.03. The highest BCUT2D eigenvalue weighted by atomic mass is 16.4. The smallest absolute Gasteiger partial charge is 0.307 e. The fourth-order valence-electron chi connectivity index (χ4n) is 3.00. The van der Waals surface area contributed by atoms with Crippen LogP contribution in [0.3, 0.4) is 0 Å². The fraction of sp³-hybridized carbons (Fsp3) is 0.500. The molecule has 1 aromatic heterocycles. The number of oxazole rings is 1. The molecule has 3 rings (SSSR count). The zero-order chi connectivity index (χ0) is 17.1. The van der Waals surface area contributed by atoms with Gasteiger partial charge in [-0.05, 0) is 30.9 Å². The maximum atomic E-state index is 12.2. The van der Waals surface area contributed by atoms with E-state index in [9.17, 15) is 9.59 Å². The van der Waals surface area contributed by atoms with Gasteiger partial charge in [-0.2, -0.15) is 0 Å². The lowest BCUT2D eigenvalue weighted by atomic mass is 9.96. The van der Waals surface area contributed by atoms with Crippen molar-refractivity contribution in [3.05, 3.63) is 30.2 Å². The van der Waals surface area contributed by atoms with Gasteiger partial charge in [0.05, 0.1) is 0 Å². The first-order valence-electron chi connectivity index (χ1n) is 8.47. The van der Waals surface area contributed by atoms with E-state index in [2.05, 4.69) is 10.3 Å². The van der Waals surface area contributed by atoms with Gasteiger partial charge in [0.25, 0.3) is 5.89 Å². The Morgan fingerprint density at radius 1 is 1.29 bits per heavy atom. The number of hydrogen-bond acceptors (Lipinski definition) is 4. The molecule has 6 heteroatoms. The molecule has 2 amide bonds. The van der Waals surface area contributed by atoms with Crippen LogP contribution in [0.15, 0.2) is 28.7 Å². The van der Waals surface area contributed by atoms with E-state index in [1.807, 2.05) is 36.9 Å². The predicted octanol–water partition coefficient (Wildman–Crippen LogP) is 2.45. The minimum Gasteiger partial charge on any atom is -0.432 e. The van der Waals surface area contributed by atoms with E-state index < -0.39 is 0 Å². The van der Waals surface area contributed by atoms with Gasteiger partial charge in [0.1, 0.15) is 5.52 Å². The van der Waals surface area contributed by atoms with Crippen LogP contribution in [0, 0.1) is 11.8 Å². The first-order chi connectivity index (χ1) is 11.5. The van der Waals surface area contributed by atoms with Gasteiger partial charge in [-0.15, -0.1) is 0 Å². The van der Waals surface area contributed by atoms with Crippen LogP contribution in [0.25, 0.3) is 11.1 Å². The zero-order valence-electron chi connectivity index (χ0n) is 14.1. The monoisotopic (exact) mass is 329 g/mol. The Labute approximate surface area is 141 Å². The molecule has 0 atom stereocenters. The van der Waals surface area contributed by atoms with Crippen LogP contribution in [0.1, 0.15) is 37.4 Å². The molecule has 6 nitrogen and oxygen atoms in total. The van der Waals surface area contributed by atoms with Crippen molar-refractivity contribution in [2.75, 3.05) is 19.6 Å². The lowest BCUT2D eigenvalue weighted by Gasteiger charge is -2.33. The number of amides is 2. The van der Waals surface area contributed by atoms with Crippen molar-refractivity contribution in [2.45, 2.75) is 26.7 Å². The van der Waals surface area contributed by atoms with Crippen LogP contribution in [0.2, 0.25) is 0 Å². The van der Waals surface area contributed by atoms with Gasteiger partial charge in [0.2, 0.25) is 5.91 Å². The van der Waals surface area contributed by atoms with Crippen LogP contribution in [-0.2, 0) is 4.79 Å². The number of carbonyl (C=O) groups is 2. The summed E-state index contributed by atoms with van der Waals surface area (Å²) in [6.45, 7) is 5.96. The average molecular weight is 329 g/mol. The third-order valence-corrected chi connectivity index (χ3v) is 4.46. The number of likely N-dealkylation sites (tertiary alicyclic amines) is 1. The number of nitrogens with zero attached hydrogens (tertiary/aromatic N) is 2. The number of para-hydroxylation sites is 2. The molecule has 2 heterocycles. The molecule has 0 bridgehead atoms. The number of benzene rings is 1. The summed E-state index contributed by atoms with van der Waals surface area (Å²) >= 11 is 0. The first-order valence-corrected chi connectivity index (χ1v) is 8.47. The maximum absolute atomic E-state index is 12.2. The first kappa shape index (κ1) is 16.5.